The smallest absolute Gasteiger partial charge is 0.364 e. The van der Waals surface area contributed by atoms with Crippen molar-refractivity contribution in [3.63, 3.8) is 0 Å². The number of nitrogens with zero attached hydrogens (tertiary/aromatic N) is 2. The Morgan fingerprint density at radius 1 is 1.00 bits per heavy atom. The first-order valence-corrected chi connectivity index (χ1v) is 7.90. The third-order valence-electron chi connectivity index (χ3n) is 3.04. The summed E-state index contributed by atoms with van der Waals surface area (Å²) in [5.41, 5.74) is 1.97. The highest BCUT2D eigenvalue weighted by Crippen LogP contribution is 2.17. The average Bonchev–Trinajstić information content (AvgIpc) is 2.42. The summed E-state index contributed by atoms with van der Waals surface area (Å²) in [4.78, 5) is 20.4. The van der Waals surface area contributed by atoms with Gasteiger partial charge in [-0.05, 0) is 45.0 Å². The Morgan fingerprint density at radius 3 is 2.09 bits per heavy atom. The van der Waals surface area contributed by atoms with Crippen LogP contribution in [-0.2, 0) is 10.0 Å². The van der Waals surface area contributed by atoms with E-state index in [9.17, 15) is 13.2 Å². The van der Waals surface area contributed by atoms with Gasteiger partial charge in [0, 0.05) is 0 Å². The minimum Gasteiger partial charge on any atom is -0.422 e. The van der Waals surface area contributed by atoms with Crippen molar-refractivity contribution >= 4 is 16.0 Å². The number of benzene rings is 1. The van der Waals surface area contributed by atoms with Crippen molar-refractivity contribution in [1.29, 1.82) is 0 Å². The van der Waals surface area contributed by atoms with Crippen LogP contribution in [0.5, 0.6) is 5.75 Å². The molecule has 0 atom stereocenters. The zero-order valence-corrected chi connectivity index (χ0v) is 13.1. The number of nitrogens with two attached hydrogens (primary N) is 1. The molecule has 0 fully saturated rings. The maximum absolute atomic E-state index is 12.1. The van der Waals surface area contributed by atoms with Gasteiger partial charge in [-0.2, -0.15) is 0 Å². The van der Waals surface area contributed by atoms with E-state index in [1.807, 2.05) is 0 Å². The molecule has 2 N–H and O–H groups in total. The Bertz CT molecular complexity index is 830. The largest absolute Gasteiger partial charge is 0.422 e. The van der Waals surface area contributed by atoms with E-state index in [0.29, 0.717) is 11.4 Å². The van der Waals surface area contributed by atoms with Crippen LogP contribution in [0.25, 0.3) is 0 Å². The van der Waals surface area contributed by atoms with Gasteiger partial charge in [0.25, 0.3) is 0 Å². The van der Waals surface area contributed by atoms with Crippen molar-refractivity contribution in [2.45, 2.75) is 25.7 Å². The fourth-order valence-electron chi connectivity index (χ4n) is 1.76. The zero-order valence-electron chi connectivity index (χ0n) is 12.3. The highest BCUT2D eigenvalue weighted by atomic mass is 32.2. The van der Waals surface area contributed by atoms with Crippen LogP contribution in [0.1, 0.15) is 27.6 Å². The van der Waals surface area contributed by atoms with E-state index in [1.165, 1.54) is 24.3 Å². The van der Waals surface area contributed by atoms with Crippen molar-refractivity contribution in [3.8, 4) is 5.75 Å². The molecule has 0 saturated heterocycles. The lowest BCUT2D eigenvalue weighted by molar-refractivity contribution is 0.0726. The Kier molecular flexibility index (Phi) is 4.25. The number of aromatic nitrogens is 2. The maximum Gasteiger partial charge on any atom is 0.364 e. The molecule has 7 nitrogen and oxygen atoms in total. The molecule has 1 aromatic heterocycles. The first kappa shape index (κ1) is 16.1. The summed E-state index contributed by atoms with van der Waals surface area (Å²) in [6.45, 7) is 5.22. The SMILES string of the molecule is Cc1nc(C)c(C(=O)Oc2ccc(S(N)(=O)=O)cc2)nc1C. The summed E-state index contributed by atoms with van der Waals surface area (Å²) >= 11 is 0. The number of carbonyl (C=O) groups excluding carboxylic acids is 1. The highest BCUT2D eigenvalue weighted by molar-refractivity contribution is 7.89. The predicted octanol–water partition coefficient (Wildman–Crippen LogP) is 1.27. The Labute approximate surface area is 128 Å². The van der Waals surface area contributed by atoms with Crippen molar-refractivity contribution in [2.75, 3.05) is 0 Å². The number of ether oxygens (including phenoxy) is 1. The summed E-state index contributed by atoms with van der Waals surface area (Å²) in [6.07, 6.45) is 0. The molecule has 0 saturated carbocycles. The standard InChI is InChI=1S/C14H15N3O4S/c1-8-9(2)17-13(10(3)16-8)14(18)21-11-4-6-12(7-5-11)22(15,19)20/h4-7H,1-3H3,(H2,15,19,20). The lowest BCUT2D eigenvalue weighted by Gasteiger charge is -2.08. The molecular formula is C14H15N3O4S. The van der Waals surface area contributed by atoms with E-state index >= 15 is 0 Å². The molecule has 1 aromatic carbocycles. The minimum absolute atomic E-state index is 0.0607. The highest BCUT2D eigenvalue weighted by Gasteiger charge is 2.16. The number of esters is 1. The second kappa shape index (κ2) is 5.82. The molecule has 8 heteroatoms. The molecule has 0 amide bonds. The molecule has 0 aliphatic carbocycles. The predicted molar refractivity (Wildman–Crippen MR) is 79.0 cm³/mol. The van der Waals surface area contributed by atoms with Crippen molar-refractivity contribution in [3.05, 3.63) is 47.0 Å². The van der Waals surface area contributed by atoms with Gasteiger partial charge in [0.2, 0.25) is 10.0 Å². The molecule has 0 spiro atoms. The number of sulfonamides is 1. The average molecular weight is 321 g/mol. The van der Waals surface area contributed by atoms with Gasteiger partial charge in [-0.25, -0.2) is 23.3 Å². The van der Waals surface area contributed by atoms with Crippen LogP contribution in [0.4, 0.5) is 0 Å². The summed E-state index contributed by atoms with van der Waals surface area (Å²) in [5.74, 6) is -0.465. The second-order valence-electron chi connectivity index (χ2n) is 4.73. The van der Waals surface area contributed by atoms with Crippen molar-refractivity contribution < 1.29 is 17.9 Å². The van der Waals surface area contributed by atoms with Gasteiger partial charge in [-0.1, -0.05) is 0 Å². The van der Waals surface area contributed by atoms with Crippen LogP contribution in [0, 0.1) is 20.8 Å². The Morgan fingerprint density at radius 2 is 1.55 bits per heavy atom. The second-order valence-corrected chi connectivity index (χ2v) is 6.30. The molecule has 22 heavy (non-hydrogen) atoms. The molecule has 2 aromatic rings. The molecule has 0 radical (unpaired) electrons. The van der Waals surface area contributed by atoms with Crippen LogP contribution >= 0.6 is 0 Å². The number of carbonyl (C=O) groups is 1. The number of aryl methyl sites for hydroxylation is 3. The molecular weight excluding hydrogens is 306 g/mol. The normalized spacial score (nSPS) is 11.3. The topological polar surface area (TPSA) is 112 Å². The summed E-state index contributed by atoms with van der Waals surface area (Å²) in [5, 5.41) is 5.00. The molecule has 0 aliphatic heterocycles. The van der Waals surface area contributed by atoms with E-state index in [0.717, 1.165) is 5.69 Å². The molecule has 1 heterocycles. The third-order valence-corrected chi connectivity index (χ3v) is 3.97. The molecule has 0 bridgehead atoms. The quantitative estimate of drug-likeness (QED) is 0.673. The van der Waals surface area contributed by atoms with Crippen LogP contribution in [0.3, 0.4) is 0 Å². The number of hydrogen-bond acceptors (Lipinski definition) is 6. The number of primary sulfonamides is 1. The molecule has 116 valence electrons. The maximum atomic E-state index is 12.1. The number of rotatable bonds is 3. The van der Waals surface area contributed by atoms with E-state index in [1.54, 1.807) is 20.8 Å². The van der Waals surface area contributed by atoms with Gasteiger partial charge in [0.1, 0.15) is 5.75 Å². The van der Waals surface area contributed by atoms with Gasteiger partial charge < -0.3 is 4.74 Å². The third kappa shape index (κ3) is 3.46. The Hall–Kier alpha value is -2.32. The van der Waals surface area contributed by atoms with E-state index in [2.05, 4.69) is 9.97 Å². The van der Waals surface area contributed by atoms with Crippen LogP contribution in [0.15, 0.2) is 29.2 Å². The zero-order chi connectivity index (χ0) is 16.5. The fraction of sp³-hybridized carbons (Fsp3) is 0.214. The van der Waals surface area contributed by atoms with E-state index < -0.39 is 16.0 Å². The first-order valence-electron chi connectivity index (χ1n) is 6.35. The van der Waals surface area contributed by atoms with Gasteiger partial charge >= 0.3 is 5.97 Å². The van der Waals surface area contributed by atoms with Gasteiger partial charge in [-0.3, -0.25) is 4.98 Å². The monoisotopic (exact) mass is 321 g/mol. The van der Waals surface area contributed by atoms with Gasteiger partial charge in [-0.15, -0.1) is 0 Å². The van der Waals surface area contributed by atoms with Gasteiger partial charge in [0.05, 0.1) is 22.0 Å². The fourth-order valence-corrected chi connectivity index (χ4v) is 2.28. The molecule has 0 aliphatic rings. The van der Waals surface area contributed by atoms with E-state index in [4.69, 9.17) is 9.88 Å². The number of hydrogen-bond donors (Lipinski definition) is 1. The van der Waals surface area contributed by atoms with Crippen molar-refractivity contribution in [2.24, 2.45) is 5.14 Å². The summed E-state index contributed by atoms with van der Waals surface area (Å²) < 4.78 is 27.5. The lowest BCUT2D eigenvalue weighted by Crippen LogP contribution is -2.15. The lowest BCUT2D eigenvalue weighted by atomic mass is 10.2. The first-order chi connectivity index (χ1) is 10.2. The van der Waals surface area contributed by atoms with Crippen molar-refractivity contribution in [1.82, 2.24) is 9.97 Å². The van der Waals surface area contributed by atoms with Gasteiger partial charge in [0.15, 0.2) is 5.69 Å². The van der Waals surface area contributed by atoms with Crippen LogP contribution in [-0.4, -0.2) is 24.4 Å². The van der Waals surface area contributed by atoms with E-state index in [-0.39, 0.29) is 16.3 Å². The summed E-state index contributed by atoms with van der Waals surface area (Å²) in [6, 6.07) is 5.22. The Balaban J connectivity index is 2.24. The van der Waals surface area contributed by atoms with Crippen LogP contribution < -0.4 is 9.88 Å². The molecule has 0 unspecified atom stereocenters. The van der Waals surface area contributed by atoms with Crippen LogP contribution in [0.2, 0.25) is 0 Å². The minimum atomic E-state index is -3.78. The summed E-state index contributed by atoms with van der Waals surface area (Å²) in [7, 11) is -3.78. The molecule has 2 rings (SSSR count).